The third kappa shape index (κ3) is 4.37. The average Bonchev–Trinajstić information content (AvgIpc) is 3.05. The van der Waals surface area contributed by atoms with Gasteiger partial charge in [-0.3, -0.25) is 4.90 Å². The van der Waals surface area contributed by atoms with E-state index < -0.39 is 0 Å². The van der Waals surface area contributed by atoms with Crippen molar-refractivity contribution in [3.8, 4) is 11.5 Å². The third-order valence-electron chi connectivity index (χ3n) is 4.54. The number of hydrogen-bond donors (Lipinski definition) is 1. The van der Waals surface area contributed by atoms with Crippen LogP contribution in [0, 0.1) is 5.92 Å². The summed E-state index contributed by atoms with van der Waals surface area (Å²) in [7, 11) is 3.38. The van der Waals surface area contributed by atoms with Crippen molar-refractivity contribution in [1.29, 1.82) is 0 Å². The largest absolute Gasteiger partial charge is 0.497 e. The normalized spacial score (nSPS) is 17.0. The van der Waals surface area contributed by atoms with Gasteiger partial charge < -0.3 is 14.8 Å². The second-order valence-electron chi connectivity index (χ2n) is 6.36. The average molecular weight is 306 g/mol. The molecular weight excluding hydrogens is 276 g/mol. The van der Waals surface area contributed by atoms with E-state index in [0.717, 1.165) is 24.6 Å². The summed E-state index contributed by atoms with van der Waals surface area (Å²) in [6.07, 6.45) is 2.69. The van der Waals surface area contributed by atoms with Gasteiger partial charge in [0.15, 0.2) is 0 Å². The van der Waals surface area contributed by atoms with Crippen molar-refractivity contribution in [1.82, 2.24) is 10.2 Å². The number of methoxy groups -OCH3 is 2. The van der Waals surface area contributed by atoms with Gasteiger partial charge in [-0.1, -0.05) is 19.9 Å². The summed E-state index contributed by atoms with van der Waals surface area (Å²) < 4.78 is 10.7. The highest BCUT2D eigenvalue weighted by Crippen LogP contribution is 2.24. The van der Waals surface area contributed by atoms with Crippen LogP contribution in [0.25, 0.3) is 0 Å². The van der Waals surface area contributed by atoms with Gasteiger partial charge in [-0.15, -0.1) is 0 Å². The first kappa shape index (κ1) is 17.1. The molecule has 22 heavy (non-hydrogen) atoms. The summed E-state index contributed by atoms with van der Waals surface area (Å²) in [4.78, 5) is 2.63. The molecule has 0 aromatic heterocycles. The highest BCUT2D eigenvalue weighted by atomic mass is 16.5. The van der Waals surface area contributed by atoms with Crippen LogP contribution in [0.5, 0.6) is 11.5 Å². The van der Waals surface area contributed by atoms with Gasteiger partial charge in [0.25, 0.3) is 0 Å². The van der Waals surface area contributed by atoms with Crippen LogP contribution >= 0.6 is 0 Å². The fraction of sp³-hybridized carbons (Fsp3) is 0.667. The number of ether oxygens (including phenoxy) is 2. The summed E-state index contributed by atoms with van der Waals surface area (Å²) in [5.74, 6) is 2.38. The molecule has 1 unspecified atom stereocenters. The molecule has 2 rings (SSSR count). The minimum absolute atomic E-state index is 0.617. The molecule has 4 nitrogen and oxygen atoms in total. The lowest BCUT2D eigenvalue weighted by Gasteiger charge is -2.31. The molecule has 0 saturated carbocycles. The molecule has 0 amide bonds. The van der Waals surface area contributed by atoms with Gasteiger partial charge in [0, 0.05) is 30.8 Å². The number of likely N-dealkylation sites (tertiary alicyclic amines) is 1. The molecule has 4 heteroatoms. The van der Waals surface area contributed by atoms with E-state index in [4.69, 9.17) is 9.47 Å². The van der Waals surface area contributed by atoms with Crippen LogP contribution in [0.15, 0.2) is 18.2 Å². The maximum absolute atomic E-state index is 5.46. The van der Waals surface area contributed by atoms with Gasteiger partial charge in [0.05, 0.1) is 14.2 Å². The van der Waals surface area contributed by atoms with Crippen molar-refractivity contribution < 1.29 is 9.47 Å². The Morgan fingerprint density at radius 1 is 1.14 bits per heavy atom. The van der Waals surface area contributed by atoms with Crippen LogP contribution in [0.2, 0.25) is 0 Å². The first-order valence-electron chi connectivity index (χ1n) is 8.31. The topological polar surface area (TPSA) is 33.7 Å². The van der Waals surface area contributed by atoms with Gasteiger partial charge in [-0.2, -0.15) is 0 Å². The summed E-state index contributed by atoms with van der Waals surface area (Å²) in [6, 6.07) is 6.62. The molecule has 1 aliphatic rings. The van der Waals surface area contributed by atoms with Crippen molar-refractivity contribution >= 4 is 0 Å². The summed E-state index contributed by atoms with van der Waals surface area (Å²) in [5, 5.41) is 3.61. The fourth-order valence-corrected chi connectivity index (χ4v) is 3.21. The van der Waals surface area contributed by atoms with E-state index in [1.807, 2.05) is 12.1 Å². The number of rotatable bonds is 8. The van der Waals surface area contributed by atoms with Gasteiger partial charge in [-0.05, 0) is 37.9 Å². The minimum atomic E-state index is 0.617. The molecular formula is C18H30N2O2. The second-order valence-corrected chi connectivity index (χ2v) is 6.36. The van der Waals surface area contributed by atoms with Gasteiger partial charge in [-0.25, -0.2) is 0 Å². The third-order valence-corrected chi connectivity index (χ3v) is 4.54. The molecule has 1 saturated heterocycles. The first-order chi connectivity index (χ1) is 10.7. The van der Waals surface area contributed by atoms with Crippen LogP contribution in [-0.4, -0.2) is 44.8 Å². The molecule has 1 aromatic carbocycles. The molecule has 0 spiro atoms. The molecule has 1 aromatic rings. The Bertz CT molecular complexity index is 456. The molecule has 1 atom stereocenters. The van der Waals surface area contributed by atoms with Crippen molar-refractivity contribution in [2.45, 2.75) is 39.3 Å². The Balaban J connectivity index is 1.91. The van der Waals surface area contributed by atoms with Crippen LogP contribution in [0.1, 0.15) is 32.3 Å². The molecule has 1 N–H and O–H groups in total. The van der Waals surface area contributed by atoms with Gasteiger partial charge in [0.1, 0.15) is 11.5 Å². The van der Waals surface area contributed by atoms with E-state index in [0.29, 0.717) is 12.0 Å². The van der Waals surface area contributed by atoms with Crippen LogP contribution < -0.4 is 14.8 Å². The van der Waals surface area contributed by atoms with Crippen molar-refractivity contribution in [3.05, 3.63) is 23.8 Å². The highest BCUT2D eigenvalue weighted by Gasteiger charge is 2.24. The maximum atomic E-state index is 5.46. The lowest BCUT2D eigenvalue weighted by Crippen LogP contribution is -2.44. The summed E-state index contributed by atoms with van der Waals surface area (Å²) in [5.41, 5.74) is 1.17. The molecule has 0 radical (unpaired) electrons. The zero-order valence-electron chi connectivity index (χ0n) is 14.4. The molecule has 1 fully saturated rings. The first-order valence-corrected chi connectivity index (χ1v) is 8.31. The van der Waals surface area contributed by atoms with E-state index in [9.17, 15) is 0 Å². The Morgan fingerprint density at radius 2 is 1.86 bits per heavy atom. The number of nitrogens with one attached hydrogen (secondary N) is 1. The van der Waals surface area contributed by atoms with Gasteiger partial charge in [0.2, 0.25) is 0 Å². The molecule has 0 aliphatic carbocycles. The lowest BCUT2D eigenvalue weighted by molar-refractivity contribution is 0.186. The van der Waals surface area contributed by atoms with Gasteiger partial charge >= 0.3 is 0 Å². The van der Waals surface area contributed by atoms with E-state index in [2.05, 4.69) is 30.1 Å². The van der Waals surface area contributed by atoms with Crippen LogP contribution in [-0.2, 0) is 6.54 Å². The van der Waals surface area contributed by atoms with Crippen molar-refractivity contribution in [2.24, 2.45) is 5.92 Å². The Hall–Kier alpha value is -1.26. The maximum Gasteiger partial charge on any atom is 0.127 e. The SMILES string of the molecule is COc1ccc(CNCC(C(C)C)N2CCCC2)c(OC)c1. The van der Waals surface area contributed by atoms with E-state index in [-0.39, 0.29) is 0 Å². The zero-order valence-corrected chi connectivity index (χ0v) is 14.4. The zero-order chi connectivity index (χ0) is 15.9. The number of hydrogen-bond acceptors (Lipinski definition) is 4. The molecule has 1 aliphatic heterocycles. The molecule has 1 heterocycles. The van der Waals surface area contributed by atoms with Crippen LogP contribution in [0.4, 0.5) is 0 Å². The fourth-order valence-electron chi connectivity index (χ4n) is 3.21. The van der Waals surface area contributed by atoms with Crippen LogP contribution in [0.3, 0.4) is 0 Å². The summed E-state index contributed by atoms with van der Waals surface area (Å²) in [6.45, 7) is 8.97. The number of benzene rings is 1. The lowest BCUT2D eigenvalue weighted by atomic mass is 10.0. The molecule has 124 valence electrons. The van der Waals surface area contributed by atoms with Crippen molar-refractivity contribution in [2.75, 3.05) is 33.9 Å². The predicted molar refractivity (Wildman–Crippen MR) is 90.7 cm³/mol. The Kier molecular flexibility index (Phi) is 6.52. The summed E-state index contributed by atoms with van der Waals surface area (Å²) >= 11 is 0. The number of nitrogens with zero attached hydrogens (tertiary/aromatic N) is 1. The van der Waals surface area contributed by atoms with E-state index >= 15 is 0 Å². The smallest absolute Gasteiger partial charge is 0.127 e. The molecule has 0 bridgehead atoms. The minimum Gasteiger partial charge on any atom is -0.497 e. The second kappa shape index (κ2) is 8.39. The standard InChI is InChI=1S/C18H30N2O2/c1-14(2)17(20-9-5-6-10-20)13-19-12-15-7-8-16(21-3)11-18(15)22-4/h7-8,11,14,17,19H,5-6,9-10,12-13H2,1-4H3. The Labute approximate surface area is 134 Å². The predicted octanol–water partition coefficient (Wildman–Crippen LogP) is 2.91. The quantitative estimate of drug-likeness (QED) is 0.801. The van der Waals surface area contributed by atoms with E-state index in [1.54, 1.807) is 14.2 Å². The highest BCUT2D eigenvalue weighted by molar-refractivity contribution is 5.40. The van der Waals surface area contributed by atoms with E-state index in [1.165, 1.54) is 31.5 Å². The van der Waals surface area contributed by atoms with Crippen molar-refractivity contribution in [3.63, 3.8) is 0 Å². The monoisotopic (exact) mass is 306 g/mol. The Morgan fingerprint density at radius 3 is 2.45 bits per heavy atom.